The number of halogens is 2. The Morgan fingerprint density at radius 2 is 2.03 bits per heavy atom. The van der Waals surface area contributed by atoms with Gasteiger partial charge in [-0.3, -0.25) is 4.79 Å². The van der Waals surface area contributed by atoms with Crippen molar-refractivity contribution in [2.75, 3.05) is 19.6 Å². The fourth-order valence-corrected chi connectivity index (χ4v) is 4.37. The number of carbonyl (C=O) groups excluding carboxylic acids is 1. The molecule has 0 bridgehead atoms. The summed E-state index contributed by atoms with van der Waals surface area (Å²) in [6.45, 7) is 11.0. The number of hydrogen-bond donors (Lipinski definition) is 2. The van der Waals surface area contributed by atoms with E-state index in [4.69, 9.17) is 4.98 Å². The third kappa shape index (κ3) is 4.58. The van der Waals surface area contributed by atoms with Crippen LogP contribution in [0, 0.1) is 19.8 Å². The van der Waals surface area contributed by atoms with Crippen molar-refractivity contribution in [2.24, 2.45) is 5.92 Å². The summed E-state index contributed by atoms with van der Waals surface area (Å²) in [6, 6.07) is 4.23. The SMILES string of the molecule is Cc1cc(-c2cc(C(=O)NCC3CNC3)c3cnn(C(C)C)c3n2)c(C)s1.Cl.Cl. The molecule has 9 heteroatoms. The monoisotopic (exact) mass is 455 g/mol. The van der Waals surface area contributed by atoms with E-state index in [9.17, 15) is 4.79 Å². The molecule has 0 radical (unpaired) electrons. The topological polar surface area (TPSA) is 71.8 Å². The van der Waals surface area contributed by atoms with Crippen LogP contribution in [0.2, 0.25) is 0 Å². The van der Waals surface area contributed by atoms with E-state index >= 15 is 0 Å². The highest BCUT2D eigenvalue weighted by molar-refractivity contribution is 7.12. The smallest absolute Gasteiger partial charge is 0.252 e. The third-order valence-corrected chi connectivity index (χ3v) is 6.00. The molecule has 0 spiro atoms. The van der Waals surface area contributed by atoms with Gasteiger partial charge in [0.05, 0.1) is 22.8 Å². The highest BCUT2D eigenvalue weighted by Crippen LogP contribution is 2.32. The molecule has 1 fully saturated rings. The van der Waals surface area contributed by atoms with Crippen LogP contribution in [0.5, 0.6) is 0 Å². The number of aryl methyl sites for hydroxylation is 2. The molecule has 1 saturated heterocycles. The largest absolute Gasteiger partial charge is 0.352 e. The van der Waals surface area contributed by atoms with E-state index in [1.807, 2.05) is 10.7 Å². The predicted octanol–water partition coefficient (Wildman–Crippen LogP) is 4.15. The highest BCUT2D eigenvalue weighted by atomic mass is 35.5. The number of thiophene rings is 1. The fourth-order valence-electron chi connectivity index (χ4n) is 3.43. The van der Waals surface area contributed by atoms with Gasteiger partial charge in [0, 0.05) is 46.9 Å². The second-order valence-corrected chi connectivity index (χ2v) is 9.00. The summed E-state index contributed by atoms with van der Waals surface area (Å²) in [6.07, 6.45) is 1.76. The summed E-state index contributed by atoms with van der Waals surface area (Å²) in [5.74, 6) is 0.467. The predicted molar refractivity (Wildman–Crippen MR) is 124 cm³/mol. The molecule has 2 N–H and O–H groups in total. The first-order valence-corrected chi connectivity index (χ1v) is 10.2. The van der Waals surface area contributed by atoms with Gasteiger partial charge < -0.3 is 10.6 Å². The van der Waals surface area contributed by atoms with Crippen LogP contribution >= 0.6 is 36.2 Å². The molecule has 1 aliphatic rings. The van der Waals surface area contributed by atoms with Crippen LogP contribution in [0.25, 0.3) is 22.3 Å². The summed E-state index contributed by atoms with van der Waals surface area (Å²) >= 11 is 1.75. The van der Waals surface area contributed by atoms with E-state index in [1.165, 1.54) is 9.75 Å². The average Bonchev–Trinajstić information content (AvgIpc) is 3.15. The molecule has 0 atom stereocenters. The molecule has 1 amide bonds. The minimum Gasteiger partial charge on any atom is -0.352 e. The van der Waals surface area contributed by atoms with E-state index in [2.05, 4.69) is 49.5 Å². The molecular weight excluding hydrogens is 429 g/mol. The van der Waals surface area contributed by atoms with Gasteiger partial charge in [0.15, 0.2) is 5.65 Å². The van der Waals surface area contributed by atoms with Crippen molar-refractivity contribution in [3.8, 4) is 11.3 Å². The summed E-state index contributed by atoms with van der Waals surface area (Å²) in [4.78, 5) is 20.3. The third-order valence-electron chi connectivity index (χ3n) is 5.03. The lowest BCUT2D eigenvalue weighted by Gasteiger charge is -2.27. The lowest BCUT2D eigenvalue weighted by atomic mass is 10.0. The fraction of sp³-hybridized carbons (Fsp3) is 0.450. The second kappa shape index (κ2) is 9.43. The first kappa shape index (κ1) is 23.6. The first-order valence-electron chi connectivity index (χ1n) is 9.38. The molecule has 158 valence electrons. The zero-order chi connectivity index (χ0) is 19.1. The number of amides is 1. The van der Waals surface area contributed by atoms with Gasteiger partial charge in [-0.15, -0.1) is 36.2 Å². The van der Waals surface area contributed by atoms with E-state index < -0.39 is 0 Å². The second-order valence-electron chi connectivity index (χ2n) is 7.54. The van der Waals surface area contributed by atoms with Crippen molar-refractivity contribution < 1.29 is 4.79 Å². The summed E-state index contributed by atoms with van der Waals surface area (Å²) < 4.78 is 1.89. The number of carbonyl (C=O) groups is 1. The molecule has 4 heterocycles. The molecule has 0 saturated carbocycles. The summed E-state index contributed by atoms with van der Waals surface area (Å²) in [7, 11) is 0. The zero-order valence-corrected chi connectivity index (χ0v) is 19.4. The number of nitrogens with zero attached hydrogens (tertiary/aromatic N) is 3. The van der Waals surface area contributed by atoms with Gasteiger partial charge in [0.1, 0.15) is 0 Å². The van der Waals surface area contributed by atoms with Gasteiger partial charge in [-0.25, -0.2) is 9.67 Å². The van der Waals surface area contributed by atoms with Gasteiger partial charge in [0.25, 0.3) is 5.91 Å². The van der Waals surface area contributed by atoms with Crippen LogP contribution in [-0.2, 0) is 0 Å². The molecule has 0 aromatic carbocycles. The Bertz CT molecular complexity index is 1010. The summed E-state index contributed by atoms with van der Waals surface area (Å²) in [5.41, 5.74) is 3.34. The van der Waals surface area contributed by atoms with Crippen LogP contribution in [0.15, 0.2) is 18.3 Å². The normalized spacial score (nSPS) is 13.7. The van der Waals surface area contributed by atoms with Crippen molar-refractivity contribution in [3.63, 3.8) is 0 Å². The van der Waals surface area contributed by atoms with E-state index in [0.29, 0.717) is 18.0 Å². The van der Waals surface area contributed by atoms with Gasteiger partial charge in [-0.05, 0) is 39.8 Å². The Kier molecular flexibility index (Phi) is 7.67. The number of hydrogen-bond acceptors (Lipinski definition) is 5. The van der Waals surface area contributed by atoms with Crippen LogP contribution in [0.3, 0.4) is 0 Å². The number of aromatic nitrogens is 3. The maximum Gasteiger partial charge on any atom is 0.252 e. The van der Waals surface area contributed by atoms with Crippen molar-refractivity contribution >= 4 is 53.1 Å². The number of fused-ring (bicyclic) bond motifs is 1. The van der Waals surface area contributed by atoms with Gasteiger partial charge >= 0.3 is 0 Å². The lowest BCUT2D eigenvalue weighted by Crippen LogP contribution is -2.48. The maximum absolute atomic E-state index is 13.0. The van der Waals surface area contributed by atoms with Crippen LogP contribution < -0.4 is 10.6 Å². The number of nitrogens with one attached hydrogen (secondary N) is 2. The Morgan fingerprint density at radius 1 is 1.31 bits per heavy atom. The lowest BCUT2D eigenvalue weighted by molar-refractivity contribution is 0.0944. The Balaban J connectivity index is 0.00000150. The standard InChI is InChI=1S/C20H25N5OS.2ClH/c1-11(2)25-19-17(10-23-25)16(20(26)22-9-14-7-21-8-14)6-18(24-19)15-5-12(3)27-13(15)4;;/h5-6,10-11,14,21H,7-9H2,1-4H3,(H,22,26);2*1H. The number of pyridine rings is 1. The molecule has 29 heavy (non-hydrogen) atoms. The van der Waals surface area contributed by atoms with Crippen molar-refractivity contribution in [1.82, 2.24) is 25.4 Å². The summed E-state index contributed by atoms with van der Waals surface area (Å²) in [5, 5.41) is 11.6. The minimum absolute atomic E-state index is 0. The highest BCUT2D eigenvalue weighted by Gasteiger charge is 2.22. The Morgan fingerprint density at radius 3 is 2.59 bits per heavy atom. The first-order chi connectivity index (χ1) is 12.9. The van der Waals surface area contributed by atoms with Gasteiger partial charge in [-0.2, -0.15) is 5.10 Å². The van der Waals surface area contributed by atoms with Crippen molar-refractivity contribution in [2.45, 2.75) is 33.7 Å². The van der Waals surface area contributed by atoms with Crippen LogP contribution in [-0.4, -0.2) is 40.3 Å². The molecule has 0 unspecified atom stereocenters. The zero-order valence-electron chi connectivity index (χ0n) is 17.0. The maximum atomic E-state index is 13.0. The van der Waals surface area contributed by atoms with Crippen molar-refractivity contribution in [3.05, 3.63) is 33.6 Å². The van der Waals surface area contributed by atoms with E-state index in [0.717, 1.165) is 35.4 Å². The molecule has 4 rings (SSSR count). The van der Waals surface area contributed by atoms with Gasteiger partial charge in [-0.1, -0.05) is 0 Å². The number of rotatable bonds is 5. The molecular formula is C20H27Cl2N5OS. The van der Waals surface area contributed by atoms with Crippen LogP contribution in [0.1, 0.15) is 40.0 Å². The minimum atomic E-state index is -0.0524. The molecule has 3 aromatic rings. The van der Waals surface area contributed by atoms with E-state index in [1.54, 1.807) is 17.5 Å². The van der Waals surface area contributed by atoms with Gasteiger partial charge in [0.2, 0.25) is 0 Å². The Hall–Kier alpha value is -1.67. The average molecular weight is 456 g/mol. The quantitative estimate of drug-likeness (QED) is 0.605. The van der Waals surface area contributed by atoms with E-state index in [-0.39, 0.29) is 36.8 Å². The van der Waals surface area contributed by atoms with Crippen LogP contribution in [0.4, 0.5) is 0 Å². The molecule has 6 nitrogen and oxygen atoms in total. The Labute approximate surface area is 187 Å². The molecule has 0 aliphatic carbocycles. The molecule has 1 aliphatic heterocycles. The van der Waals surface area contributed by atoms with Crippen molar-refractivity contribution in [1.29, 1.82) is 0 Å². The molecule has 3 aromatic heterocycles.